The second-order valence-electron chi connectivity index (χ2n) is 4.72. The van der Waals surface area contributed by atoms with E-state index in [0.29, 0.717) is 13.1 Å². The summed E-state index contributed by atoms with van der Waals surface area (Å²) in [7, 11) is 0. The molecule has 1 aliphatic rings. The molecule has 4 nitrogen and oxygen atoms in total. The minimum Gasteiger partial charge on any atom is -0.394 e. The maximum Gasteiger partial charge on any atom is 0.264 e. The van der Waals surface area contributed by atoms with E-state index in [9.17, 15) is 9.90 Å². The van der Waals surface area contributed by atoms with E-state index in [4.69, 9.17) is 4.74 Å². The van der Waals surface area contributed by atoms with Crippen LogP contribution in [-0.2, 0) is 4.74 Å². The normalized spacial score (nSPS) is 24.0. The van der Waals surface area contributed by atoms with Crippen molar-refractivity contribution < 1.29 is 14.6 Å². The van der Waals surface area contributed by atoms with Gasteiger partial charge in [-0.15, -0.1) is 22.7 Å². The van der Waals surface area contributed by atoms with Gasteiger partial charge >= 0.3 is 0 Å². The molecule has 3 rings (SSSR count). The number of carbonyl (C=O) groups is 1. The number of hydrogen-bond donors (Lipinski definition) is 1. The summed E-state index contributed by atoms with van der Waals surface area (Å²) in [4.78, 5) is 15.0. The molecule has 0 bridgehead atoms. The lowest BCUT2D eigenvalue weighted by molar-refractivity contribution is -0.0857. The number of aliphatic hydroxyl groups excluding tert-OH is 1. The Labute approximate surface area is 119 Å². The summed E-state index contributed by atoms with van der Waals surface area (Å²) in [5.74, 6) is 0.0435. The highest BCUT2D eigenvalue weighted by molar-refractivity contribution is 7.27. The van der Waals surface area contributed by atoms with Crippen molar-refractivity contribution in [2.45, 2.75) is 19.1 Å². The van der Waals surface area contributed by atoms with Crippen LogP contribution in [0.5, 0.6) is 0 Å². The van der Waals surface area contributed by atoms with Gasteiger partial charge in [0, 0.05) is 22.5 Å². The second kappa shape index (κ2) is 5.20. The average molecular weight is 297 g/mol. The smallest absolute Gasteiger partial charge is 0.264 e. The Morgan fingerprint density at radius 2 is 2.37 bits per heavy atom. The summed E-state index contributed by atoms with van der Waals surface area (Å²) in [5.41, 5.74) is 0. The first-order chi connectivity index (χ1) is 9.17. The first-order valence-electron chi connectivity index (χ1n) is 6.20. The lowest BCUT2D eigenvalue weighted by atomic mass is 10.2. The molecule has 19 heavy (non-hydrogen) atoms. The number of fused-ring (bicyclic) bond motifs is 1. The quantitative estimate of drug-likeness (QED) is 0.924. The lowest BCUT2D eigenvalue weighted by Gasteiger charge is -2.35. The summed E-state index contributed by atoms with van der Waals surface area (Å²) in [6.45, 7) is 2.93. The van der Waals surface area contributed by atoms with E-state index in [1.54, 1.807) is 16.2 Å². The number of morpholine rings is 1. The van der Waals surface area contributed by atoms with Gasteiger partial charge in [-0.1, -0.05) is 0 Å². The van der Waals surface area contributed by atoms with Gasteiger partial charge in [-0.2, -0.15) is 0 Å². The fourth-order valence-corrected chi connectivity index (χ4v) is 4.42. The van der Waals surface area contributed by atoms with Gasteiger partial charge in [-0.25, -0.2) is 0 Å². The van der Waals surface area contributed by atoms with Crippen LogP contribution in [-0.4, -0.2) is 47.8 Å². The third-order valence-electron chi connectivity index (χ3n) is 3.17. The fraction of sp³-hybridized carbons (Fsp3) is 0.462. The molecular formula is C13H15NO3S2. The van der Waals surface area contributed by atoms with E-state index in [1.165, 1.54) is 11.3 Å². The fourth-order valence-electron chi connectivity index (χ4n) is 2.34. The monoisotopic (exact) mass is 297 g/mol. The predicted molar refractivity (Wildman–Crippen MR) is 77.0 cm³/mol. The van der Waals surface area contributed by atoms with Crippen molar-refractivity contribution in [2.24, 2.45) is 0 Å². The highest BCUT2D eigenvalue weighted by atomic mass is 32.1. The summed E-state index contributed by atoms with van der Waals surface area (Å²) >= 11 is 3.18. The first-order valence-corrected chi connectivity index (χ1v) is 7.89. The molecule has 1 fully saturated rings. The molecule has 3 heterocycles. The van der Waals surface area contributed by atoms with E-state index in [0.717, 1.165) is 14.3 Å². The number of amides is 1. The van der Waals surface area contributed by atoms with E-state index >= 15 is 0 Å². The molecule has 0 radical (unpaired) electrons. The van der Waals surface area contributed by atoms with Crippen LogP contribution >= 0.6 is 22.7 Å². The standard InChI is InChI=1S/C13H15NO3S2/c1-8-5-14(6-9(7-15)17-8)13(16)12-4-11-10(19-12)2-3-18-11/h2-4,8-9,15H,5-7H2,1H3. The molecule has 2 aromatic rings. The number of aliphatic hydroxyl groups is 1. The van der Waals surface area contributed by atoms with Gasteiger partial charge in [0.1, 0.15) is 0 Å². The first kappa shape index (κ1) is 13.1. The molecule has 0 aromatic carbocycles. The number of hydrogen-bond acceptors (Lipinski definition) is 5. The van der Waals surface area contributed by atoms with E-state index < -0.39 is 0 Å². The zero-order valence-electron chi connectivity index (χ0n) is 10.5. The summed E-state index contributed by atoms with van der Waals surface area (Å²) < 4.78 is 7.88. The van der Waals surface area contributed by atoms with Crippen LogP contribution in [0.25, 0.3) is 9.40 Å². The minimum absolute atomic E-state index is 0.0315. The molecule has 1 amide bonds. The van der Waals surface area contributed by atoms with Crippen molar-refractivity contribution in [1.29, 1.82) is 0 Å². The molecule has 1 N–H and O–H groups in total. The Bertz CT molecular complexity index is 563. The van der Waals surface area contributed by atoms with Crippen molar-refractivity contribution in [1.82, 2.24) is 4.90 Å². The summed E-state index contributed by atoms with van der Waals surface area (Å²) in [6.07, 6.45) is -0.301. The van der Waals surface area contributed by atoms with Gasteiger partial charge in [0.2, 0.25) is 0 Å². The number of carbonyl (C=O) groups excluding carboxylic acids is 1. The maximum absolute atomic E-state index is 12.5. The number of ether oxygens (including phenoxy) is 1. The van der Waals surface area contributed by atoms with Crippen LogP contribution in [0.15, 0.2) is 17.5 Å². The zero-order valence-corrected chi connectivity index (χ0v) is 12.2. The Balaban J connectivity index is 1.80. The van der Waals surface area contributed by atoms with Crippen molar-refractivity contribution in [3.63, 3.8) is 0 Å². The largest absolute Gasteiger partial charge is 0.394 e. The van der Waals surface area contributed by atoms with Crippen molar-refractivity contribution >= 4 is 38.0 Å². The Kier molecular flexibility index (Phi) is 3.58. The molecule has 0 aliphatic carbocycles. The van der Waals surface area contributed by atoms with E-state index in [-0.39, 0.29) is 24.7 Å². The van der Waals surface area contributed by atoms with Crippen molar-refractivity contribution in [3.05, 3.63) is 22.4 Å². The lowest BCUT2D eigenvalue weighted by Crippen LogP contribution is -2.50. The van der Waals surface area contributed by atoms with E-state index in [1.807, 2.05) is 24.4 Å². The molecule has 1 aliphatic heterocycles. The van der Waals surface area contributed by atoms with Crippen LogP contribution in [0.4, 0.5) is 0 Å². The second-order valence-corrected chi connectivity index (χ2v) is 6.75. The topological polar surface area (TPSA) is 49.8 Å². The summed E-state index contributed by atoms with van der Waals surface area (Å²) in [6, 6.07) is 4.00. The molecule has 102 valence electrons. The van der Waals surface area contributed by atoms with Crippen molar-refractivity contribution in [2.75, 3.05) is 19.7 Å². The predicted octanol–water partition coefficient (Wildman–Crippen LogP) is 2.18. The van der Waals surface area contributed by atoms with Gasteiger partial charge in [0.05, 0.1) is 23.7 Å². The van der Waals surface area contributed by atoms with Gasteiger partial charge in [0.25, 0.3) is 5.91 Å². The van der Waals surface area contributed by atoms with Crippen LogP contribution < -0.4 is 0 Å². The number of rotatable bonds is 2. The van der Waals surface area contributed by atoms with E-state index in [2.05, 4.69) is 0 Å². The van der Waals surface area contributed by atoms with Gasteiger partial charge < -0.3 is 14.7 Å². The van der Waals surface area contributed by atoms with Gasteiger partial charge in [-0.05, 0) is 24.4 Å². The van der Waals surface area contributed by atoms with Gasteiger partial charge in [-0.3, -0.25) is 4.79 Å². The highest BCUT2D eigenvalue weighted by Crippen LogP contribution is 2.31. The van der Waals surface area contributed by atoms with Crippen LogP contribution in [0.2, 0.25) is 0 Å². The highest BCUT2D eigenvalue weighted by Gasteiger charge is 2.29. The Morgan fingerprint density at radius 3 is 3.11 bits per heavy atom. The van der Waals surface area contributed by atoms with Crippen LogP contribution in [0, 0.1) is 0 Å². The zero-order chi connectivity index (χ0) is 13.4. The molecule has 1 saturated heterocycles. The van der Waals surface area contributed by atoms with Crippen LogP contribution in [0.3, 0.4) is 0 Å². The average Bonchev–Trinajstić information content (AvgIpc) is 2.97. The third kappa shape index (κ3) is 2.53. The SMILES string of the molecule is CC1CN(C(=O)c2cc3sccc3s2)CC(CO)O1. The number of nitrogens with zero attached hydrogens (tertiary/aromatic N) is 1. The third-order valence-corrected chi connectivity index (χ3v) is 5.25. The Morgan fingerprint density at radius 1 is 1.53 bits per heavy atom. The molecule has 0 saturated carbocycles. The van der Waals surface area contributed by atoms with Crippen LogP contribution in [0.1, 0.15) is 16.6 Å². The summed E-state index contributed by atoms with van der Waals surface area (Å²) in [5, 5.41) is 11.2. The van der Waals surface area contributed by atoms with Crippen molar-refractivity contribution in [3.8, 4) is 0 Å². The number of thiophene rings is 2. The maximum atomic E-state index is 12.5. The molecule has 0 spiro atoms. The molecular weight excluding hydrogens is 282 g/mol. The molecule has 2 aromatic heterocycles. The molecule has 2 unspecified atom stereocenters. The van der Waals surface area contributed by atoms with Gasteiger partial charge in [0.15, 0.2) is 0 Å². The minimum atomic E-state index is -0.270. The Hall–Kier alpha value is -0.950. The molecule has 2 atom stereocenters. The molecule has 6 heteroatoms.